The molecular formula is C26H42FN3O4. The molecule has 0 aliphatic heterocycles. The summed E-state index contributed by atoms with van der Waals surface area (Å²) >= 11 is 0. The lowest BCUT2D eigenvalue weighted by atomic mass is 9.97. The van der Waals surface area contributed by atoms with Crippen LogP contribution >= 0.6 is 0 Å². The molecule has 0 heterocycles. The van der Waals surface area contributed by atoms with E-state index in [1.165, 1.54) is 12.1 Å². The van der Waals surface area contributed by atoms with Gasteiger partial charge in [-0.15, -0.1) is 0 Å². The van der Waals surface area contributed by atoms with Gasteiger partial charge in [0.15, 0.2) is 0 Å². The monoisotopic (exact) mass is 479 g/mol. The molecule has 4 atom stereocenters. The number of hydrogen-bond acceptors (Lipinski definition) is 4. The number of carbonyl (C=O) groups excluding carboxylic acids is 3. The molecular weight excluding hydrogens is 437 g/mol. The minimum Gasteiger partial charge on any atom is -0.391 e. The van der Waals surface area contributed by atoms with E-state index in [1.54, 1.807) is 19.1 Å². The fraction of sp³-hybridized carbons (Fsp3) is 0.654. The Morgan fingerprint density at radius 2 is 1.56 bits per heavy atom. The standard InChI is InChI=1S/C26H42FN3O4/c1-15(2)11-21(18(7)31)29-26(34)24(17(5)6)30-25(33)22(28-23(32)12-16(3)4)14-19-9-8-10-20(27)13-19/h8-10,13,15-18,21-22,24,31H,11-12,14H2,1-7H3,(H,28,32)(H,29,34)(H,30,33)/t18-,21-,22-,24-/m0/s1. The molecule has 1 aromatic carbocycles. The van der Waals surface area contributed by atoms with Crippen molar-refractivity contribution in [1.82, 2.24) is 16.0 Å². The number of benzene rings is 1. The van der Waals surface area contributed by atoms with Gasteiger partial charge in [0.2, 0.25) is 17.7 Å². The molecule has 0 aliphatic rings. The molecule has 0 aromatic heterocycles. The van der Waals surface area contributed by atoms with E-state index >= 15 is 0 Å². The van der Waals surface area contributed by atoms with Crippen molar-refractivity contribution in [3.63, 3.8) is 0 Å². The molecule has 7 nitrogen and oxygen atoms in total. The van der Waals surface area contributed by atoms with Gasteiger partial charge in [0.05, 0.1) is 12.1 Å². The second kappa shape index (κ2) is 14.0. The van der Waals surface area contributed by atoms with E-state index < -0.39 is 41.9 Å². The Bertz CT molecular complexity index is 811. The Morgan fingerprint density at radius 3 is 2.06 bits per heavy atom. The Kier molecular flexibility index (Phi) is 12.2. The number of aliphatic hydroxyl groups is 1. The Morgan fingerprint density at radius 1 is 0.912 bits per heavy atom. The van der Waals surface area contributed by atoms with Gasteiger partial charge in [0, 0.05) is 12.8 Å². The molecule has 0 bridgehead atoms. The van der Waals surface area contributed by atoms with Crippen LogP contribution in [0.1, 0.15) is 66.9 Å². The maximum atomic E-state index is 13.7. The molecule has 0 fully saturated rings. The van der Waals surface area contributed by atoms with Crippen molar-refractivity contribution in [3.05, 3.63) is 35.6 Å². The van der Waals surface area contributed by atoms with Crippen molar-refractivity contribution in [1.29, 1.82) is 0 Å². The number of amides is 3. The summed E-state index contributed by atoms with van der Waals surface area (Å²) in [6, 6.07) is 3.59. The first kappa shape index (κ1) is 29.6. The second-order valence-corrected chi connectivity index (χ2v) is 10.3. The number of halogens is 1. The van der Waals surface area contributed by atoms with Gasteiger partial charge in [-0.3, -0.25) is 14.4 Å². The van der Waals surface area contributed by atoms with Crippen molar-refractivity contribution >= 4 is 17.7 Å². The third-order valence-corrected chi connectivity index (χ3v) is 5.46. The topological polar surface area (TPSA) is 108 Å². The van der Waals surface area contributed by atoms with Crippen LogP contribution in [0.25, 0.3) is 0 Å². The zero-order chi connectivity index (χ0) is 26.0. The van der Waals surface area contributed by atoms with Crippen LogP contribution < -0.4 is 16.0 Å². The summed E-state index contributed by atoms with van der Waals surface area (Å²) < 4.78 is 13.7. The molecule has 1 aromatic rings. The first-order chi connectivity index (χ1) is 15.8. The predicted molar refractivity (Wildman–Crippen MR) is 131 cm³/mol. The molecule has 4 N–H and O–H groups in total. The first-order valence-corrected chi connectivity index (χ1v) is 12.1. The van der Waals surface area contributed by atoms with E-state index in [0.29, 0.717) is 12.0 Å². The molecule has 0 unspecified atom stereocenters. The van der Waals surface area contributed by atoms with Gasteiger partial charge in [-0.2, -0.15) is 0 Å². The van der Waals surface area contributed by atoms with E-state index in [-0.39, 0.29) is 36.5 Å². The summed E-state index contributed by atoms with van der Waals surface area (Å²) in [4.78, 5) is 38.7. The second-order valence-electron chi connectivity index (χ2n) is 10.3. The Labute approximate surface area is 203 Å². The highest BCUT2D eigenvalue weighted by molar-refractivity contribution is 5.92. The molecule has 0 saturated heterocycles. The smallest absolute Gasteiger partial charge is 0.243 e. The molecule has 3 amide bonds. The van der Waals surface area contributed by atoms with Crippen LogP contribution in [0, 0.1) is 23.6 Å². The summed E-state index contributed by atoms with van der Waals surface area (Å²) in [6.07, 6.45) is 0.178. The van der Waals surface area contributed by atoms with E-state index in [1.807, 2.05) is 41.5 Å². The zero-order valence-corrected chi connectivity index (χ0v) is 21.5. The van der Waals surface area contributed by atoms with Crippen LogP contribution in [-0.2, 0) is 20.8 Å². The van der Waals surface area contributed by atoms with E-state index in [9.17, 15) is 23.9 Å². The van der Waals surface area contributed by atoms with Crippen LogP contribution in [-0.4, -0.2) is 47.1 Å². The summed E-state index contributed by atoms with van der Waals surface area (Å²) in [5, 5.41) is 18.4. The number of nitrogens with one attached hydrogen (secondary N) is 3. The van der Waals surface area contributed by atoms with Crippen molar-refractivity contribution in [2.75, 3.05) is 0 Å². The van der Waals surface area contributed by atoms with Crippen LogP contribution in [0.2, 0.25) is 0 Å². The molecule has 34 heavy (non-hydrogen) atoms. The quantitative estimate of drug-likeness (QED) is 0.349. The highest BCUT2D eigenvalue weighted by atomic mass is 19.1. The lowest BCUT2D eigenvalue weighted by Crippen LogP contribution is -2.58. The number of aliphatic hydroxyl groups excluding tert-OH is 1. The number of carbonyl (C=O) groups is 3. The van der Waals surface area contributed by atoms with Gasteiger partial charge in [-0.1, -0.05) is 53.7 Å². The van der Waals surface area contributed by atoms with E-state index in [4.69, 9.17) is 0 Å². The van der Waals surface area contributed by atoms with Gasteiger partial charge in [-0.25, -0.2) is 4.39 Å². The minimum atomic E-state index is -0.967. The fourth-order valence-electron chi connectivity index (χ4n) is 3.68. The molecule has 0 aliphatic carbocycles. The summed E-state index contributed by atoms with van der Waals surface area (Å²) in [5.41, 5.74) is 0.557. The van der Waals surface area contributed by atoms with Crippen LogP contribution in [0.5, 0.6) is 0 Å². The Hall–Kier alpha value is -2.48. The summed E-state index contributed by atoms with van der Waals surface area (Å²) in [7, 11) is 0. The molecule has 0 saturated carbocycles. The SMILES string of the molecule is CC(C)CC(=O)N[C@@H](Cc1cccc(F)c1)C(=O)N[C@H](C(=O)N[C@@H](CC(C)C)[C@H](C)O)C(C)C. The van der Waals surface area contributed by atoms with Gasteiger partial charge in [0.1, 0.15) is 17.9 Å². The van der Waals surface area contributed by atoms with Crippen LogP contribution in [0.3, 0.4) is 0 Å². The summed E-state index contributed by atoms with van der Waals surface area (Å²) in [5.74, 6) is -1.51. The average Bonchev–Trinajstić information content (AvgIpc) is 2.69. The van der Waals surface area contributed by atoms with Gasteiger partial charge >= 0.3 is 0 Å². The maximum absolute atomic E-state index is 13.7. The number of rotatable bonds is 13. The maximum Gasteiger partial charge on any atom is 0.243 e. The highest BCUT2D eigenvalue weighted by Crippen LogP contribution is 2.12. The summed E-state index contributed by atoms with van der Waals surface area (Å²) in [6.45, 7) is 13.0. The molecule has 8 heteroatoms. The van der Waals surface area contributed by atoms with Crippen molar-refractivity contribution in [3.8, 4) is 0 Å². The first-order valence-electron chi connectivity index (χ1n) is 12.1. The fourth-order valence-corrected chi connectivity index (χ4v) is 3.68. The molecule has 0 spiro atoms. The third kappa shape index (κ3) is 10.6. The van der Waals surface area contributed by atoms with Crippen molar-refractivity contribution < 1.29 is 23.9 Å². The van der Waals surface area contributed by atoms with Crippen LogP contribution in [0.15, 0.2) is 24.3 Å². The lowest BCUT2D eigenvalue weighted by Gasteiger charge is -2.29. The zero-order valence-electron chi connectivity index (χ0n) is 21.5. The lowest BCUT2D eigenvalue weighted by molar-refractivity contribution is -0.133. The van der Waals surface area contributed by atoms with Crippen LogP contribution in [0.4, 0.5) is 4.39 Å². The normalized spacial score (nSPS) is 15.1. The van der Waals surface area contributed by atoms with Crippen molar-refractivity contribution in [2.45, 2.75) is 92.0 Å². The van der Waals surface area contributed by atoms with E-state index in [0.717, 1.165) is 0 Å². The third-order valence-electron chi connectivity index (χ3n) is 5.46. The molecule has 1 rings (SSSR count). The molecule has 0 radical (unpaired) electrons. The average molecular weight is 480 g/mol. The van der Waals surface area contributed by atoms with Gasteiger partial charge in [-0.05, 0) is 48.8 Å². The van der Waals surface area contributed by atoms with Gasteiger partial charge < -0.3 is 21.1 Å². The largest absolute Gasteiger partial charge is 0.391 e. The van der Waals surface area contributed by atoms with Gasteiger partial charge in [0.25, 0.3) is 0 Å². The predicted octanol–water partition coefficient (Wildman–Crippen LogP) is 2.95. The minimum absolute atomic E-state index is 0.0868. The van der Waals surface area contributed by atoms with E-state index in [2.05, 4.69) is 16.0 Å². The highest BCUT2D eigenvalue weighted by Gasteiger charge is 2.31. The molecule has 192 valence electrons. The number of hydrogen-bond donors (Lipinski definition) is 4. The Balaban J connectivity index is 3.05. The van der Waals surface area contributed by atoms with Crippen molar-refractivity contribution in [2.24, 2.45) is 17.8 Å².